The first-order chi connectivity index (χ1) is 13.9. The van der Waals surface area contributed by atoms with Gasteiger partial charge in [-0.05, 0) is 29.5 Å². The van der Waals surface area contributed by atoms with Gasteiger partial charge in [0.15, 0.2) is 6.10 Å². The Kier molecular flexibility index (Phi) is 6.08. The molecule has 1 aromatic carbocycles. The third kappa shape index (κ3) is 4.69. The van der Waals surface area contributed by atoms with Crippen molar-refractivity contribution in [1.29, 1.82) is 0 Å². The standard InChI is InChI=1S/C20H20N4O4S/c1-12(2)17(18(25)22-20(21)27)28-19(26)14-11-24(13-7-4-3-5-8-13)23-16(14)15-9-6-10-29-15/h3-12,17H,1-2H3,(H3,21,22,25,27)/t17-/m1/s1. The number of carbonyl (C=O) groups excluding carboxylic acids is 3. The van der Waals surface area contributed by atoms with Crippen LogP contribution in [0.3, 0.4) is 0 Å². The zero-order valence-corrected chi connectivity index (χ0v) is 16.7. The summed E-state index contributed by atoms with van der Waals surface area (Å²) in [5.74, 6) is -1.85. The molecule has 0 unspecified atom stereocenters. The zero-order valence-electron chi connectivity index (χ0n) is 15.9. The minimum atomic E-state index is -1.17. The summed E-state index contributed by atoms with van der Waals surface area (Å²) >= 11 is 1.43. The number of aromatic nitrogens is 2. The van der Waals surface area contributed by atoms with Crippen molar-refractivity contribution in [2.75, 3.05) is 0 Å². The van der Waals surface area contributed by atoms with E-state index in [1.807, 2.05) is 53.2 Å². The van der Waals surface area contributed by atoms with Crippen LogP contribution in [0.5, 0.6) is 0 Å². The largest absolute Gasteiger partial charge is 0.448 e. The number of hydrogen-bond acceptors (Lipinski definition) is 6. The number of amides is 3. The maximum Gasteiger partial charge on any atom is 0.342 e. The second-order valence-corrected chi connectivity index (χ2v) is 7.52. The summed E-state index contributed by atoms with van der Waals surface area (Å²) < 4.78 is 7.02. The van der Waals surface area contributed by atoms with Crippen LogP contribution < -0.4 is 11.1 Å². The average Bonchev–Trinajstić information content (AvgIpc) is 3.35. The fourth-order valence-corrected chi connectivity index (χ4v) is 3.42. The Bertz CT molecular complexity index is 1010. The third-order valence-corrected chi connectivity index (χ3v) is 4.93. The minimum Gasteiger partial charge on any atom is -0.448 e. The molecule has 29 heavy (non-hydrogen) atoms. The molecule has 9 heteroatoms. The van der Waals surface area contributed by atoms with Crippen molar-refractivity contribution in [2.24, 2.45) is 11.7 Å². The van der Waals surface area contributed by atoms with Crippen molar-refractivity contribution >= 4 is 29.2 Å². The number of benzene rings is 1. The number of ether oxygens (including phenoxy) is 1. The van der Waals surface area contributed by atoms with E-state index in [2.05, 4.69) is 5.10 Å². The Morgan fingerprint density at radius 1 is 1.14 bits per heavy atom. The van der Waals surface area contributed by atoms with Crippen molar-refractivity contribution in [3.63, 3.8) is 0 Å². The molecule has 8 nitrogen and oxygen atoms in total. The van der Waals surface area contributed by atoms with Crippen LogP contribution in [0.15, 0.2) is 54.0 Å². The second-order valence-electron chi connectivity index (χ2n) is 6.57. The monoisotopic (exact) mass is 412 g/mol. The molecule has 0 aliphatic heterocycles. The van der Waals surface area contributed by atoms with E-state index >= 15 is 0 Å². The van der Waals surface area contributed by atoms with E-state index in [1.54, 1.807) is 24.7 Å². The summed E-state index contributed by atoms with van der Waals surface area (Å²) in [5, 5.41) is 8.38. The van der Waals surface area contributed by atoms with Crippen LogP contribution in [0, 0.1) is 5.92 Å². The van der Waals surface area contributed by atoms with Gasteiger partial charge in [-0.25, -0.2) is 14.3 Å². The molecular formula is C20H20N4O4S. The smallest absolute Gasteiger partial charge is 0.342 e. The molecule has 2 aromatic heterocycles. The van der Waals surface area contributed by atoms with E-state index in [0.717, 1.165) is 10.6 Å². The molecule has 0 aliphatic carbocycles. The number of nitrogens with two attached hydrogens (primary N) is 1. The van der Waals surface area contributed by atoms with Crippen LogP contribution in [0.4, 0.5) is 4.79 Å². The Morgan fingerprint density at radius 3 is 2.45 bits per heavy atom. The van der Waals surface area contributed by atoms with E-state index < -0.39 is 24.0 Å². The normalized spacial score (nSPS) is 11.8. The van der Waals surface area contributed by atoms with E-state index in [1.165, 1.54) is 11.3 Å². The number of carbonyl (C=O) groups is 3. The van der Waals surface area contributed by atoms with Crippen LogP contribution in [0.2, 0.25) is 0 Å². The molecule has 0 aliphatic rings. The van der Waals surface area contributed by atoms with Gasteiger partial charge in [0.05, 0.1) is 10.6 Å². The van der Waals surface area contributed by atoms with Gasteiger partial charge in [0, 0.05) is 6.20 Å². The molecule has 0 fully saturated rings. The van der Waals surface area contributed by atoms with Crippen LogP contribution in [0.1, 0.15) is 24.2 Å². The topological polar surface area (TPSA) is 116 Å². The summed E-state index contributed by atoms with van der Waals surface area (Å²) in [6.45, 7) is 3.40. The van der Waals surface area contributed by atoms with Crippen molar-refractivity contribution in [2.45, 2.75) is 20.0 Å². The van der Waals surface area contributed by atoms with Gasteiger partial charge in [-0.2, -0.15) is 5.10 Å². The van der Waals surface area contributed by atoms with Gasteiger partial charge in [-0.15, -0.1) is 11.3 Å². The summed E-state index contributed by atoms with van der Waals surface area (Å²) in [6, 6.07) is 12.0. The van der Waals surface area contributed by atoms with E-state index in [-0.39, 0.29) is 11.5 Å². The van der Waals surface area contributed by atoms with Crippen LogP contribution in [-0.2, 0) is 9.53 Å². The maximum absolute atomic E-state index is 12.9. The van der Waals surface area contributed by atoms with Crippen molar-refractivity contribution in [1.82, 2.24) is 15.1 Å². The van der Waals surface area contributed by atoms with Crippen molar-refractivity contribution in [3.8, 4) is 16.3 Å². The highest BCUT2D eigenvalue weighted by Gasteiger charge is 2.30. The first-order valence-electron chi connectivity index (χ1n) is 8.87. The van der Waals surface area contributed by atoms with Crippen molar-refractivity contribution in [3.05, 3.63) is 59.6 Å². The molecule has 3 aromatic rings. The number of imide groups is 1. The van der Waals surface area contributed by atoms with Gasteiger partial charge in [0.2, 0.25) is 0 Å². The Hall–Kier alpha value is -3.46. The quantitative estimate of drug-likeness (QED) is 0.604. The van der Waals surface area contributed by atoms with Crippen LogP contribution in [-0.4, -0.2) is 33.8 Å². The predicted octanol–water partition coefficient (Wildman–Crippen LogP) is 2.98. The Balaban J connectivity index is 1.95. The maximum atomic E-state index is 12.9. The molecule has 1 atom stereocenters. The number of para-hydroxylation sites is 1. The third-order valence-electron chi connectivity index (χ3n) is 4.05. The number of esters is 1. The lowest BCUT2D eigenvalue weighted by Crippen LogP contribution is -2.45. The lowest BCUT2D eigenvalue weighted by molar-refractivity contribution is -0.130. The lowest BCUT2D eigenvalue weighted by Gasteiger charge is -2.19. The van der Waals surface area contributed by atoms with Gasteiger partial charge in [0.25, 0.3) is 5.91 Å². The van der Waals surface area contributed by atoms with Gasteiger partial charge in [-0.3, -0.25) is 10.1 Å². The first kappa shape index (κ1) is 20.3. The average molecular weight is 412 g/mol. The molecule has 3 rings (SSSR count). The SMILES string of the molecule is CC(C)[C@@H](OC(=O)c1cn(-c2ccccc2)nc1-c1cccs1)C(=O)NC(N)=O. The summed E-state index contributed by atoms with van der Waals surface area (Å²) in [5.41, 5.74) is 6.45. The Labute approximate surface area is 171 Å². The summed E-state index contributed by atoms with van der Waals surface area (Å²) in [6.07, 6.45) is 0.391. The highest BCUT2D eigenvalue weighted by Crippen LogP contribution is 2.29. The van der Waals surface area contributed by atoms with Gasteiger partial charge >= 0.3 is 12.0 Å². The minimum absolute atomic E-state index is 0.217. The van der Waals surface area contributed by atoms with Gasteiger partial charge in [-0.1, -0.05) is 38.1 Å². The van der Waals surface area contributed by atoms with Gasteiger partial charge in [0.1, 0.15) is 11.3 Å². The highest BCUT2D eigenvalue weighted by atomic mass is 32.1. The molecule has 0 saturated heterocycles. The molecular weight excluding hydrogens is 392 g/mol. The molecule has 0 bridgehead atoms. The summed E-state index contributed by atoms with van der Waals surface area (Å²) in [4.78, 5) is 36.9. The van der Waals surface area contributed by atoms with E-state index in [4.69, 9.17) is 10.5 Å². The Morgan fingerprint density at radius 2 is 1.86 bits per heavy atom. The molecule has 0 saturated carbocycles. The predicted molar refractivity (Wildman–Crippen MR) is 109 cm³/mol. The molecule has 3 N–H and O–H groups in total. The number of thiophene rings is 1. The fourth-order valence-electron chi connectivity index (χ4n) is 2.70. The number of nitrogens with zero attached hydrogens (tertiary/aromatic N) is 2. The second kappa shape index (κ2) is 8.70. The molecule has 0 radical (unpaired) electrons. The summed E-state index contributed by atoms with van der Waals surface area (Å²) in [7, 11) is 0. The van der Waals surface area contributed by atoms with Crippen LogP contribution >= 0.6 is 11.3 Å². The molecule has 3 amide bonds. The molecule has 0 spiro atoms. The number of rotatable bonds is 6. The fraction of sp³-hybridized carbons (Fsp3) is 0.200. The van der Waals surface area contributed by atoms with E-state index in [9.17, 15) is 14.4 Å². The molecule has 150 valence electrons. The first-order valence-corrected chi connectivity index (χ1v) is 9.75. The zero-order chi connectivity index (χ0) is 21.0. The number of nitrogens with one attached hydrogen (secondary N) is 1. The van der Waals surface area contributed by atoms with Crippen LogP contribution in [0.25, 0.3) is 16.3 Å². The number of urea groups is 1. The number of hydrogen-bond donors (Lipinski definition) is 2. The van der Waals surface area contributed by atoms with Gasteiger partial charge < -0.3 is 10.5 Å². The highest BCUT2D eigenvalue weighted by molar-refractivity contribution is 7.13. The molecule has 2 heterocycles. The van der Waals surface area contributed by atoms with Crippen molar-refractivity contribution < 1.29 is 19.1 Å². The number of primary amides is 1. The van der Waals surface area contributed by atoms with E-state index in [0.29, 0.717) is 5.69 Å². The lowest BCUT2D eigenvalue weighted by atomic mass is 10.1.